The Hall–Kier alpha value is -4.31. The summed E-state index contributed by atoms with van der Waals surface area (Å²) in [6.07, 6.45) is 11.5. The van der Waals surface area contributed by atoms with Gasteiger partial charge in [0.15, 0.2) is 6.10 Å². The Bertz CT molecular complexity index is 1590. The minimum Gasteiger partial charge on any atom is -0.417 e. The highest BCUT2D eigenvalue weighted by atomic mass is 16.4. The van der Waals surface area contributed by atoms with Crippen molar-refractivity contribution >= 4 is 16.9 Å². The number of pyridine rings is 1. The van der Waals surface area contributed by atoms with Crippen LogP contribution in [0.15, 0.2) is 53.5 Å². The Balaban J connectivity index is 1.32. The van der Waals surface area contributed by atoms with Crippen LogP contribution >= 0.6 is 0 Å². The average Bonchev–Trinajstić information content (AvgIpc) is 3.67. The molecule has 0 radical (unpaired) electrons. The normalized spacial score (nSPS) is 15.3. The summed E-state index contributed by atoms with van der Waals surface area (Å²) in [4.78, 5) is 19.7. The lowest BCUT2D eigenvalue weighted by molar-refractivity contribution is 0.0998. The van der Waals surface area contributed by atoms with E-state index in [1.54, 1.807) is 35.4 Å². The monoisotopic (exact) mass is 497 g/mol. The Labute approximate surface area is 212 Å². The number of amides is 1. The molecule has 1 aliphatic carbocycles. The first kappa shape index (κ1) is 23.1. The molecule has 1 aliphatic rings. The van der Waals surface area contributed by atoms with Crippen LogP contribution < -0.4 is 5.73 Å². The third kappa shape index (κ3) is 4.29. The van der Waals surface area contributed by atoms with Crippen molar-refractivity contribution in [3.63, 3.8) is 0 Å². The molecule has 1 atom stereocenters. The fourth-order valence-corrected chi connectivity index (χ4v) is 5.23. The van der Waals surface area contributed by atoms with Crippen LogP contribution in [0.25, 0.3) is 33.6 Å². The maximum absolute atomic E-state index is 12.1. The molecule has 1 saturated carbocycles. The van der Waals surface area contributed by atoms with E-state index in [0.717, 1.165) is 47.8 Å². The molecule has 188 valence electrons. The summed E-state index contributed by atoms with van der Waals surface area (Å²) < 4.78 is 7.67. The molecule has 1 aromatic carbocycles. The highest BCUT2D eigenvalue weighted by molar-refractivity contribution is 5.95. The molecule has 0 spiro atoms. The van der Waals surface area contributed by atoms with Crippen molar-refractivity contribution in [2.45, 2.75) is 44.1 Å². The number of hydrogen-bond donors (Lipinski definition) is 3. The molecule has 4 aromatic heterocycles. The van der Waals surface area contributed by atoms with Crippen LogP contribution in [-0.2, 0) is 7.05 Å². The molecule has 5 aromatic rings. The summed E-state index contributed by atoms with van der Waals surface area (Å²) >= 11 is 0. The summed E-state index contributed by atoms with van der Waals surface area (Å²) in [5, 5.41) is 24.5. The van der Waals surface area contributed by atoms with E-state index in [1.807, 2.05) is 25.4 Å². The number of aryl methyl sites for hydroxylation is 1. The van der Waals surface area contributed by atoms with Gasteiger partial charge in [0.25, 0.3) is 0 Å². The van der Waals surface area contributed by atoms with Crippen LogP contribution in [0.2, 0.25) is 0 Å². The molecule has 1 fully saturated rings. The van der Waals surface area contributed by atoms with Gasteiger partial charge in [-0.25, -0.2) is 4.98 Å². The van der Waals surface area contributed by atoms with Gasteiger partial charge in [-0.3, -0.25) is 9.48 Å². The van der Waals surface area contributed by atoms with Gasteiger partial charge in [-0.2, -0.15) is 5.10 Å². The number of aromatic amines is 1. The van der Waals surface area contributed by atoms with Gasteiger partial charge >= 0.3 is 0 Å². The smallest absolute Gasteiger partial charge is 0.250 e. The van der Waals surface area contributed by atoms with E-state index in [4.69, 9.17) is 10.2 Å². The molecular formula is C27H27N7O3. The molecule has 1 amide bonds. The highest BCUT2D eigenvalue weighted by Gasteiger charge is 2.25. The number of nitrogens with two attached hydrogens (primary N) is 1. The number of primary amides is 1. The predicted molar refractivity (Wildman–Crippen MR) is 136 cm³/mol. The molecule has 37 heavy (non-hydrogen) atoms. The van der Waals surface area contributed by atoms with Crippen LogP contribution in [-0.4, -0.2) is 41.0 Å². The molecule has 1 unspecified atom stereocenters. The Kier molecular flexibility index (Phi) is 5.80. The van der Waals surface area contributed by atoms with Gasteiger partial charge in [0.2, 0.25) is 17.7 Å². The number of H-pyrrole nitrogens is 1. The number of nitrogens with one attached hydrogen (secondary N) is 1. The van der Waals surface area contributed by atoms with Gasteiger partial charge in [0, 0.05) is 47.7 Å². The first-order valence-electron chi connectivity index (χ1n) is 12.4. The first-order chi connectivity index (χ1) is 18.0. The molecule has 10 nitrogen and oxygen atoms in total. The van der Waals surface area contributed by atoms with Crippen LogP contribution in [0.1, 0.15) is 71.5 Å². The second kappa shape index (κ2) is 9.29. The number of fused-ring (bicyclic) bond motifs is 1. The number of aliphatic hydroxyl groups is 1. The summed E-state index contributed by atoms with van der Waals surface area (Å²) in [5.41, 5.74) is 10.8. The highest BCUT2D eigenvalue weighted by Crippen LogP contribution is 2.37. The number of aliphatic hydroxyl groups excluding tert-OH is 1. The topological polar surface area (TPSA) is 149 Å². The maximum Gasteiger partial charge on any atom is 0.250 e. The van der Waals surface area contributed by atoms with Crippen molar-refractivity contribution in [1.82, 2.24) is 29.9 Å². The van der Waals surface area contributed by atoms with Gasteiger partial charge in [-0.15, -0.1) is 10.2 Å². The van der Waals surface area contributed by atoms with Crippen molar-refractivity contribution in [2.75, 3.05) is 0 Å². The number of carbonyl (C=O) groups excluding carboxylic acids is 1. The van der Waals surface area contributed by atoms with E-state index in [1.165, 1.54) is 6.42 Å². The number of carbonyl (C=O) groups is 1. The molecule has 0 saturated heterocycles. The molecule has 0 bridgehead atoms. The zero-order valence-electron chi connectivity index (χ0n) is 20.4. The van der Waals surface area contributed by atoms with Crippen LogP contribution in [0.4, 0.5) is 0 Å². The van der Waals surface area contributed by atoms with Crippen LogP contribution in [0, 0.1) is 0 Å². The quantitative estimate of drug-likeness (QED) is 0.318. The fraction of sp³-hybridized carbons (Fsp3) is 0.296. The first-order valence-corrected chi connectivity index (χ1v) is 12.4. The number of hydrogen-bond acceptors (Lipinski definition) is 7. The fourth-order valence-electron chi connectivity index (χ4n) is 5.23. The third-order valence-electron chi connectivity index (χ3n) is 7.18. The van der Waals surface area contributed by atoms with Gasteiger partial charge in [-0.05, 0) is 42.0 Å². The van der Waals surface area contributed by atoms with Gasteiger partial charge in [0.1, 0.15) is 5.65 Å². The van der Waals surface area contributed by atoms with Crippen molar-refractivity contribution in [1.29, 1.82) is 0 Å². The average molecular weight is 498 g/mol. The van der Waals surface area contributed by atoms with E-state index >= 15 is 0 Å². The van der Waals surface area contributed by atoms with E-state index in [9.17, 15) is 9.90 Å². The number of benzene rings is 1. The SMILES string of the molecule is Cn1cc(-c2cnc3[nH]cc(-c4nnc(C(O)c5ccc(C(N)=O)c(C6CCCCC6)c5)o4)c3c2)cn1. The van der Waals surface area contributed by atoms with E-state index in [2.05, 4.69) is 25.3 Å². The lowest BCUT2D eigenvalue weighted by Crippen LogP contribution is -2.17. The maximum atomic E-state index is 12.1. The van der Waals surface area contributed by atoms with Gasteiger partial charge in [0.05, 0.1) is 11.8 Å². The van der Waals surface area contributed by atoms with Crippen molar-refractivity contribution in [2.24, 2.45) is 12.8 Å². The Morgan fingerprint density at radius 3 is 2.76 bits per heavy atom. The summed E-state index contributed by atoms with van der Waals surface area (Å²) in [7, 11) is 1.86. The number of rotatable bonds is 6. The van der Waals surface area contributed by atoms with Crippen LogP contribution in [0.5, 0.6) is 0 Å². The second-order valence-corrected chi connectivity index (χ2v) is 9.62. The zero-order valence-corrected chi connectivity index (χ0v) is 20.4. The molecule has 10 heteroatoms. The van der Waals surface area contributed by atoms with E-state index in [-0.39, 0.29) is 17.7 Å². The molecule has 6 rings (SSSR count). The van der Waals surface area contributed by atoms with E-state index < -0.39 is 12.0 Å². The molecule has 4 heterocycles. The minimum absolute atomic E-state index is 0.0714. The predicted octanol–water partition coefficient (Wildman–Crippen LogP) is 4.24. The van der Waals surface area contributed by atoms with Gasteiger partial charge < -0.3 is 20.2 Å². The van der Waals surface area contributed by atoms with Crippen molar-refractivity contribution in [3.8, 4) is 22.6 Å². The van der Waals surface area contributed by atoms with Gasteiger partial charge in [-0.1, -0.05) is 31.4 Å². The van der Waals surface area contributed by atoms with Crippen LogP contribution in [0.3, 0.4) is 0 Å². The second-order valence-electron chi connectivity index (χ2n) is 9.62. The Morgan fingerprint density at radius 1 is 1.16 bits per heavy atom. The molecule has 0 aliphatic heterocycles. The van der Waals surface area contributed by atoms with Crippen molar-refractivity contribution in [3.05, 3.63) is 71.6 Å². The molecular weight excluding hydrogens is 470 g/mol. The minimum atomic E-state index is -1.14. The van der Waals surface area contributed by atoms with E-state index in [0.29, 0.717) is 22.3 Å². The summed E-state index contributed by atoms with van der Waals surface area (Å²) in [5.74, 6) is 0.128. The Morgan fingerprint density at radius 2 is 2.00 bits per heavy atom. The summed E-state index contributed by atoms with van der Waals surface area (Å²) in [6, 6.07) is 7.23. The lowest BCUT2D eigenvalue weighted by atomic mass is 9.81. The van der Waals surface area contributed by atoms with Crippen molar-refractivity contribution < 1.29 is 14.3 Å². The zero-order chi connectivity index (χ0) is 25.5. The molecule has 4 N–H and O–H groups in total. The summed E-state index contributed by atoms with van der Waals surface area (Å²) in [6.45, 7) is 0. The standard InChI is InChI=1S/C27H27N7O3/c1-34-14-18(12-31-34)17-10-21-22(13-30-25(21)29-11-17)26-32-33-27(37-26)23(35)16-7-8-19(24(28)36)20(9-16)15-5-3-2-4-6-15/h7-15,23,35H,2-6H2,1H3,(H2,28,36)(H,29,30). The number of nitrogens with zero attached hydrogens (tertiary/aromatic N) is 5. The lowest BCUT2D eigenvalue weighted by Gasteiger charge is -2.24. The largest absolute Gasteiger partial charge is 0.417 e. The number of aromatic nitrogens is 6. The third-order valence-corrected chi connectivity index (χ3v) is 7.18.